The third-order valence-corrected chi connectivity index (χ3v) is 4.62. The van der Waals surface area contributed by atoms with Crippen molar-refractivity contribution in [3.8, 4) is 0 Å². The number of benzene rings is 2. The molecule has 160 valence electrons. The topological polar surface area (TPSA) is 70.7 Å². The number of urea groups is 1. The summed E-state index contributed by atoms with van der Waals surface area (Å²) >= 11 is 0. The molecule has 2 N–H and O–H groups in total. The van der Waals surface area contributed by atoms with Gasteiger partial charge in [0, 0.05) is 30.9 Å². The number of ether oxygens (including phenoxy) is 1. The Kier molecular flexibility index (Phi) is 6.61. The van der Waals surface area contributed by atoms with E-state index in [1.54, 1.807) is 47.4 Å². The molecular formula is C21H22F3N3O3. The quantitative estimate of drug-likeness (QED) is 0.719. The first-order chi connectivity index (χ1) is 14.2. The minimum absolute atomic E-state index is 0.132. The number of carbonyl (C=O) groups excluding carboxylic acids is 2. The average molecular weight is 421 g/mol. The second-order valence-corrected chi connectivity index (χ2v) is 6.99. The maximum atomic E-state index is 12.4. The van der Waals surface area contributed by atoms with Crippen molar-refractivity contribution in [3.05, 3.63) is 64.7 Å². The lowest BCUT2D eigenvalue weighted by Crippen LogP contribution is -2.28. The summed E-state index contributed by atoms with van der Waals surface area (Å²) in [6.45, 7) is 1.88. The van der Waals surface area contributed by atoms with E-state index < -0.39 is 12.8 Å². The summed E-state index contributed by atoms with van der Waals surface area (Å²) in [5.41, 5.74) is 3.50. The third-order valence-electron chi connectivity index (χ3n) is 4.62. The van der Waals surface area contributed by atoms with E-state index in [2.05, 4.69) is 15.4 Å². The highest BCUT2D eigenvalue weighted by atomic mass is 19.4. The highest BCUT2D eigenvalue weighted by Crippen LogP contribution is 2.23. The first kappa shape index (κ1) is 21.6. The minimum atomic E-state index is -4.35. The Bertz CT molecular complexity index is 914. The van der Waals surface area contributed by atoms with Crippen LogP contribution in [0.3, 0.4) is 0 Å². The molecule has 3 rings (SSSR count). The molecule has 3 amide bonds. The van der Waals surface area contributed by atoms with E-state index in [4.69, 9.17) is 0 Å². The number of nitrogens with zero attached hydrogens (tertiary/aromatic N) is 1. The molecule has 1 aliphatic rings. The molecule has 1 heterocycles. The molecule has 0 aliphatic carbocycles. The molecule has 1 fully saturated rings. The van der Waals surface area contributed by atoms with Crippen molar-refractivity contribution in [2.45, 2.75) is 26.3 Å². The fourth-order valence-electron chi connectivity index (χ4n) is 3.12. The van der Waals surface area contributed by atoms with Gasteiger partial charge in [0.1, 0.15) is 6.61 Å². The van der Waals surface area contributed by atoms with E-state index in [1.165, 1.54) is 0 Å². The largest absolute Gasteiger partial charge is 0.411 e. The van der Waals surface area contributed by atoms with Gasteiger partial charge in [-0.3, -0.25) is 9.69 Å². The van der Waals surface area contributed by atoms with Gasteiger partial charge in [0.15, 0.2) is 0 Å². The second kappa shape index (κ2) is 9.17. The highest BCUT2D eigenvalue weighted by molar-refractivity contribution is 5.97. The lowest BCUT2D eigenvalue weighted by atomic mass is 10.1. The van der Waals surface area contributed by atoms with Crippen LogP contribution in [0.5, 0.6) is 0 Å². The van der Waals surface area contributed by atoms with Crippen molar-refractivity contribution < 1.29 is 27.5 Å². The van der Waals surface area contributed by atoms with Crippen LogP contribution in [0, 0.1) is 6.92 Å². The predicted molar refractivity (Wildman–Crippen MR) is 105 cm³/mol. The van der Waals surface area contributed by atoms with Gasteiger partial charge in [-0.15, -0.1) is 0 Å². The molecular weight excluding hydrogens is 399 g/mol. The molecule has 0 spiro atoms. The zero-order chi connectivity index (χ0) is 21.7. The molecule has 6 nitrogen and oxygen atoms in total. The monoisotopic (exact) mass is 421 g/mol. The number of nitrogens with one attached hydrogen (secondary N) is 2. The van der Waals surface area contributed by atoms with Crippen LogP contribution >= 0.6 is 0 Å². The Hall–Kier alpha value is -3.07. The number of amides is 3. The number of rotatable bonds is 7. The fraction of sp³-hybridized carbons (Fsp3) is 0.333. The SMILES string of the molecule is Cc1cc(C(=O)NCc2ccc(COCC(F)(F)F)cc2)ccc1N1CCNC1=O. The van der Waals surface area contributed by atoms with E-state index >= 15 is 0 Å². The zero-order valence-corrected chi connectivity index (χ0v) is 16.4. The number of alkyl halides is 3. The normalized spacial score (nSPS) is 14.0. The summed E-state index contributed by atoms with van der Waals surface area (Å²) < 4.78 is 40.9. The molecule has 30 heavy (non-hydrogen) atoms. The van der Waals surface area contributed by atoms with Crippen LogP contribution in [-0.4, -0.2) is 37.8 Å². The van der Waals surface area contributed by atoms with Gasteiger partial charge in [-0.05, 0) is 41.8 Å². The van der Waals surface area contributed by atoms with Gasteiger partial charge in [0.25, 0.3) is 5.91 Å². The van der Waals surface area contributed by atoms with Crippen molar-refractivity contribution in [1.82, 2.24) is 10.6 Å². The van der Waals surface area contributed by atoms with Crippen LogP contribution in [-0.2, 0) is 17.9 Å². The lowest BCUT2D eigenvalue weighted by Gasteiger charge is -2.17. The van der Waals surface area contributed by atoms with Crippen LogP contribution in [0.4, 0.5) is 23.7 Å². The van der Waals surface area contributed by atoms with Crippen molar-refractivity contribution in [3.63, 3.8) is 0 Å². The van der Waals surface area contributed by atoms with E-state index in [0.717, 1.165) is 16.8 Å². The first-order valence-electron chi connectivity index (χ1n) is 9.39. The van der Waals surface area contributed by atoms with Gasteiger partial charge < -0.3 is 15.4 Å². The molecule has 9 heteroatoms. The Labute approximate surface area is 172 Å². The van der Waals surface area contributed by atoms with Crippen LogP contribution in [0.15, 0.2) is 42.5 Å². The number of halogens is 3. The van der Waals surface area contributed by atoms with Crippen molar-refractivity contribution >= 4 is 17.6 Å². The van der Waals surface area contributed by atoms with Gasteiger partial charge >= 0.3 is 12.2 Å². The Morgan fingerprint density at radius 3 is 2.47 bits per heavy atom. The molecule has 2 aromatic rings. The summed E-state index contributed by atoms with van der Waals surface area (Å²) in [6, 6.07) is 11.8. The summed E-state index contributed by atoms with van der Waals surface area (Å²) in [5.74, 6) is -0.256. The lowest BCUT2D eigenvalue weighted by molar-refractivity contribution is -0.176. The van der Waals surface area contributed by atoms with Crippen LogP contribution < -0.4 is 15.5 Å². The fourth-order valence-corrected chi connectivity index (χ4v) is 3.12. The summed E-state index contributed by atoms with van der Waals surface area (Å²) in [4.78, 5) is 25.9. The van der Waals surface area contributed by atoms with Gasteiger partial charge in [0.05, 0.1) is 6.61 Å². The number of carbonyl (C=O) groups is 2. The van der Waals surface area contributed by atoms with Gasteiger partial charge in [-0.1, -0.05) is 24.3 Å². The number of anilines is 1. The number of aryl methyl sites for hydroxylation is 1. The number of hydrogen-bond donors (Lipinski definition) is 2. The Morgan fingerprint density at radius 1 is 1.17 bits per heavy atom. The Morgan fingerprint density at radius 2 is 1.87 bits per heavy atom. The predicted octanol–water partition coefficient (Wildman–Crippen LogP) is 3.53. The molecule has 0 atom stereocenters. The van der Waals surface area contributed by atoms with E-state index in [0.29, 0.717) is 24.2 Å². The minimum Gasteiger partial charge on any atom is -0.367 e. The number of hydrogen-bond acceptors (Lipinski definition) is 3. The molecule has 1 aliphatic heterocycles. The molecule has 0 bridgehead atoms. The average Bonchev–Trinajstić information content (AvgIpc) is 3.11. The van der Waals surface area contributed by atoms with Crippen molar-refractivity contribution in [1.29, 1.82) is 0 Å². The van der Waals surface area contributed by atoms with Gasteiger partial charge in [-0.2, -0.15) is 13.2 Å². The first-order valence-corrected chi connectivity index (χ1v) is 9.39. The molecule has 0 unspecified atom stereocenters. The van der Waals surface area contributed by atoms with Crippen LogP contribution in [0.25, 0.3) is 0 Å². The highest BCUT2D eigenvalue weighted by Gasteiger charge is 2.27. The van der Waals surface area contributed by atoms with E-state index in [9.17, 15) is 22.8 Å². The van der Waals surface area contributed by atoms with Crippen molar-refractivity contribution in [2.75, 3.05) is 24.6 Å². The van der Waals surface area contributed by atoms with Crippen LogP contribution in [0.1, 0.15) is 27.0 Å². The third kappa shape index (κ3) is 5.73. The standard InChI is InChI=1S/C21H22F3N3O3/c1-14-10-17(6-7-18(14)27-9-8-25-20(27)29)19(28)26-11-15-2-4-16(5-3-15)12-30-13-21(22,23)24/h2-7,10H,8-9,11-13H2,1H3,(H,25,29)(H,26,28). The van der Waals surface area contributed by atoms with Gasteiger partial charge in [-0.25, -0.2) is 4.79 Å². The molecule has 0 aromatic heterocycles. The van der Waals surface area contributed by atoms with Crippen molar-refractivity contribution in [2.24, 2.45) is 0 Å². The van der Waals surface area contributed by atoms with E-state index in [-0.39, 0.29) is 25.1 Å². The maximum absolute atomic E-state index is 12.4. The Balaban J connectivity index is 1.53. The smallest absolute Gasteiger partial charge is 0.367 e. The summed E-state index contributed by atoms with van der Waals surface area (Å²) in [7, 11) is 0. The molecule has 0 radical (unpaired) electrons. The summed E-state index contributed by atoms with van der Waals surface area (Å²) in [6.07, 6.45) is -4.35. The van der Waals surface area contributed by atoms with Gasteiger partial charge in [0.2, 0.25) is 0 Å². The zero-order valence-electron chi connectivity index (χ0n) is 16.4. The molecule has 1 saturated heterocycles. The van der Waals surface area contributed by atoms with E-state index in [1.807, 2.05) is 6.92 Å². The second-order valence-electron chi connectivity index (χ2n) is 6.99. The molecule has 0 saturated carbocycles. The summed E-state index contributed by atoms with van der Waals surface area (Å²) in [5, 5.41) is 5.55. The van der Waals surface area contributed by atoms with Crippen LogP contribution in [0.2, 0.25) is 0 Å². The molecule has 2 aromatic carbocycles. The maximum Gasteiger partial charge on any atom is 0.411 e.